The number of nitrogens with zero attached hydrogens (tertiary/aromatic N) is 3. The van der Waals surface area contributed by atoms with Crippen molar-refractivity contribution < 1.29 is 0 Å². The van der Waals surface area contributed by atoms with E-state index in [2.05, 4.69) is 21.7 Å². The highest BCUT2D eigenvalue weighted by atomic mass is 15.3. The van der Waals surface area contributed by atoms with Gasteiger partial charge in [0.15, 0.2) is 0 Å². The number of rotatable bonds is 4. The quantitative estimate of drug-likeness (QED) is 0.598. The molecule has 0 atom stereocenters. The van der Waals surface area contributed by atoms with Crippen LogP contribution in [0.2, 0.25) is 0 Å². The zero-order valence-electron chi connectivity index (χ0n) is 8.87. The average Bonchev–Trinajstić information content (AvgIpc) is 2.17. The predicted molar refractivity (Wildman–Crippen MR) is 57.6 cm³/mol. The monoisotopic (exact) mass is 183 g/mol. The largest absolute Gasteiger partial charge is 0.301 e. The lowest BCUT2D eigenvalue weighted by atomic mass is 10.3. The second kappa shape index (κ2) is 6.11. The molecule has 1 aliphatic rings. The lowest BCUT2D eigenvalue weighted by molar-refractivity contribution is 0.146. The summed E-state index contributed by atoms with van der Waals surface area (Å²) in [5.41, 5.74) is 0. The maximum Gasteiger partial charge on any atom is 0.0334 e. The van der Waals surface area contributed by atoms with Gasteiger partial charge < -0.3 is 4.90 Å². The summed E-state index contributed by atoms with van der Waals surface area (Å²) in [4.78, 5) is 9.00. The standard InChI is InChI=1S/C10H21N3/c1-3-5-12-7-9-13(10-8-12)6-4-11-2/h4H,3,5-10H2,1-2H3. The Morgan fingerprint density at radius 1 is 1.15 bits per heavy atom. The Bertz CT molecular complexity index is 148. The number of piperazine rings is 1. The molecule has 0 amide bonds. The van der Waals surface area contributed by atoms with Crippen LogP contribution < -0.4 is 0 Å². The van der Waals surface area contributed by atoms with Crippen molar-refractivity contribution in [2.45, 2.75) is 13.3 Å². The summed E-state index contributed by atoms with van der Waals surface area (Å²) >= 11 is 0. The van der Waals surface area contributed by atoms with Gasteiger partial charge in [0.25, 0.3) is 0 Å². The van der Waals surface area contributed by atoms with Crippen molar-refractivity contribution in [2.75, 3.05) is 46.3 Å². The molecule has 0 radical (unpaired) electrons. The van der Waals surface area contributed by atoms with Gasteiger partial charge in [0.2, 0.25) is 0 Å². The first kappa shape index (κ1) is 10.7. The molecule has 1 rings (SSSR count). The molecule has 0 unspecified atom stereocenters. The summed E-state index contributed by atoms with van der Waals surface area (Å²) < 4.78 is 0. The van der Waals surface area contributed by atoms with Crippen LogP contribution in [0.25, 0.3) is 0 Å². The van der Waals surface area contributed by atoms with E-state index in [1.54, 1.807) is 0 Å². The maximum atomic E-state index is 4.00. The van der Waals surface area contributed by atoms with Gasteiger partial charge in [0.05, 0.1) is 0 Å². The van der Waals surface area contributed by atoms with E-state index >= 15 is 0 Å². The highest BCUT2D eigenvalue weighted by Crippen LogP contribution is 2.00. The van der Waals surface area contributed by atoms with Gasteiger partial charge in [-0.25, -0.2) is 0 Å². The molecule has 76 valence electrons. The molecule has 0 N–H and O–H groups in total. The summed E-state index contributed by atoms with van der Waals surface area (Å²) in [6, 6.07) is 0. The molecule has 1 aliphatic heterocycles. The van der Waals surface area contributed by atoms with Gasteiger partial charge in [-0.3, -0.25) is 9.89 Å². The first-order valence-corrected chi connectivity index (χ1v) is 5.22. The minimum atomic E-state index is 1.02. The van der Waals surface area contributed by atoms with Crippen molar-refractivity contribution in [2.24, 2.45) is 4.99 Å². The van der Waals surface area contributed by atoms with Gasteiger partial charge in [-0.1, -0.05) is 6.92 Å². The van der Waals surface area contributed by atoms with Crippen LogP contribution in [0.1, 0.15) is 13.3 Å². The fourth-order valence-electron chi connectivity index (χ4n) is 1.71. The summed E-state index contributed by atoms with van der Waals surface area (Å²) in [7, 11) is 1.84. The Hall–Kier alpha value is -0.410. The van der Waals surface area contributed by atoms with Gasteiger partial charge in [-0.05, 0) is 13.0 Å². The Morgan fingerprint density at radius 3 is 2.31 bits per heavy atom. The van der Waals surface area contributed by atoms with Crippen molar-refractivity contribution in [1.82, 2.24) is 9.80 Å². The highest BCUT2D eigenvalue weighted by molar-refractivity contribution is 5.59. The average molecular weight is 183 g/mol. The lowest BCUT2D eigenvalue weighted by Crippen LogP contribution is -2.46. The van der Waals surface area contributed by atoms with Crippen molar-refractivity contribution in [3.05, 3.63) is 0 Å². The third-order valence-electron chi connectivity index (χ3n) is 2.53. The van der Waals surface area contributed by atoms with Gasteiger partial charge in [-0.2, -0.15) is 0 Å². The molecule has 0 aromatic rings. The van der Waals surface area contributed by atoms with E-state index in [9.17, 15) is 0 Å². The molecule has 1 heterocycles. The zero-order chi connectivity index (χ0) is 9.52. The van der Waals surface area contributed by atoms with Crippen LogP contribution in [0.15, 0.2) is 4.99 Å². The maximum absolute atomic E-state index is 4.00. The van der Waals surface area contributed by atoms with Crippen molar-refractivity contribution in [3.63, 3.8) is 0 Å². The fraction of sp³-hybridized carbons (Fsp3) is 0.900. The fourth-order valence-corrected chi connectivity index (χ4v) is 1.71. The van der Waals surface area contributed by atoms with Crippen LogP contribution in [0.5, 0.6) is 0 Å². The van der Waals surface area contributed by atoms with E-state index < -0.39 is 0 Å². The van der Waals surface area contributed by atoms with E-state index in [-0.39, 0.29) is 0 Å². The first-order chi connectivity index (χ1) is 6.36. The first-order valence-electron chi connectivity index (χ1n) is 5.22. The van der Waals surface area contributed by atoms with Crippen LogP contribution in [-0.2, 0) is 0 Å². The molecular formula is C10H21N3. The van der Waals surface area contributed by atoms with Crippen LogP contribution >= 0.6 is 0 Å². The Labute approximate surface area is 81.4 Å². The topological polar surface area (TPSA) is 18.8 Å². The third kappa shape index (κ3) is 3.87. The third-order valence-corrected chi connectivity index (χ3v) is 2.53. The SMILES string of the molecule is CCCN1CCN(CC=NC)CC1. The minimum Gasteiger partial charge on any atom is -0.301 e. The van der Waals surface area contributed by atoms with Crippen molar-refractivity contribution >= 4 is 6.21 Å². The molecule has 0 bridgehead atoms. The van der Waals surface area contributed by atoms with Gasteiger partial charge >= 0.3 is 0 Å². The van der Waals surface area contributed by atoms with Crippen molar-refractivity contribution in [1.29, 1.82) is 0 Å². The molecule has 0 aliphatic carbocycles. The van der Waals surface area contributed by atoms with E-state index in [0.29, 0.717) is 0 Å². The van der Waals surface area contributed by atoms with Crippen LogP contribution in [0, 0.1) is 0 Å². The Morgan fingerprint density at radius 2 is 1.77 bits per heavy atom. The molecule has 3 nitrogen and oxygen atoms in total. The number of hydrogen-bond acceptors (Lipinski definition) is 3. The minimum absolute atomic E-state index is 1.02. The van der Waals surface area contributed by atoms with Gasteiger partial charge in [0, 0.05) is 46.0 Å². The smallest absolute Gasteiger partial charge is 0.0334 e. The van der Waals surface area contributed by atoms with Crippen molar-refractivity contribution in [3.8, 4) is 0 Å². The van der Waals surface area contributed by atoms with E-state index in [1.807, 2.05) is 13.3 Å². The Kier molecular flexibility index (Phi) is 5.01. The molecule has 0 aromatic carbocycles. The number of hydrogen-bond donors (Lipinski definition) is 0. The van der Waals surface area contributed by atoms with Gasteiger partial charge in [-0.15, -0.1) is 0 Å². The molecule has 3 heteroatoms. The van der Waals surface area contributed by atoms with Crippen LogP contribution in [0.3, 0.4) is 0 Å². The second-order valence-corrected chi connectivity index (χ2v) is 3.58. The summed E-state index contributed by atoms with van der Waals surface area (Å²) in [5.74, 6) is 0. The molecule has 0 spiro atoms. The Balaban J connectivity index is 2.14. The van der Waals surface area contributed by atoms with E-state index in [1.165, 1.54) is 39.1 Å². The molecule has 0 saturated carbocycles. The highest BCUT2D eigenvalue weighted by Gasteiger charge is 2.14. The van der Waals surface area contributed by atoms with Crippen LogP contribution in [0.4, 0.5) is 0 Å². The summed E-state index contributed by atoms with van der Waals surface area (Å²) in [6.45, 7) is 9.39. The molecule has 13 heavy (non-hydrogen) atoms. The van der Waals surface area contributed by atoms with E-state index in [0.717, 1.165) is 6.54 Å². The van der Waals surface area contributed by atoms with Crippen LogP contribution in [-0.4, -0.2) is 62.3 Å². The molecular weight excluding hydrogens is 162 g/mol. The van der Waals surface area contributed by atoms with E-state index in [4.69, 9.17) is 0 Å². The number of aliphatic imine (C=N–C) groups is 1. The normalized spacial score (nSPS) is 21.4. The second-order valence-electron chi connectivity index (χ2n) is 3.58. The van der Waals surface area contributed by atoms with Gasteiger partial charge in [0.1, 0.15) is 0 Å². The molecule has 1 fully saturated rings. The molecule has 0 aromatic heterocycles. The predicted octanol–water partition coefficient (Wildman–Crippen LogP) is 0.715. The summed E-state index contributed by atoms with van der Waals surface area (Å²) in [6.07, 6.45) is 3.27. The molecule has 1 saturated heterocycles. The lowest BCUT2D eigenvalue weighted by Gasteiger charge is -2.33. The zero-order valence-corrected chi connectivity index (χ0v) is 8.87. The summed E-state index contributed by atoms with van der Waals surface area (Å²) in [5, 5.41) is 0.